The Morgan fingerprint density at radius 3 is 2.03 bits per heavy atom. The predicted molar refractivity (Wildman–Crippen MR) is 169 cm³/mol. The van der Waals surface area contributed by atoms with Crippen molar-refractivity contribution in [2.75, 3.05) is 6.61 Å². The van der Waals surface area contributed by atoms with Crippen molar-refractivity contribution in [3.05, 3.63) is 70.5 Å². The van der Waals surface area contributed by atoms with E-state index in [4.69, 9.17) is 60.0 Å². The van der Waals surface area contributed by atoms with E-state index in [0.717, 1.165) is 52.7 Å². The van der Waals surface area contributed by atoms with Crippen molar-refractivity contribution in [1.82, 2.24) is 0 Å². The fraction of sp³-hybridized carbons (Fsp3) is 0.500. The van der Waals surface area contributed by atoms with E-state index in [0.29, 0.717) is 6.61 Å². The molecule has 6 heteroatoms. The van der Waals surface area contributed by atoms with Crippen LogP contribution in [0.15, 0.2) is 69.2 Å². The molecular formula is C32H38O2S4. The molecule has 1 heterocycles. The van der Waals surface area contributed by atoms with Gasteiger partial charge in [-0.25, -0.2) is 0 Å². The van der Waals surface area contributed by atoms with E-state index >= 15 is 0 Å². The second kappa shape index (κ2) is 9.78. The van der Waals surface area contributed by atoms with Crippen LogP contribution in [-0.4, -0.2) is 17.1 Å². The molecule has 6 rings (SSSR count). The lowest BCUT2D eigenvalue weighted by Gasteiger charge is -2.66. The molecule has 1 aliphatic heterocycles. The summed E-state index contributed by atoms with van der Waals surface area (Å²) in [4.78, 5) is 1.81. The summed E-state index contributed by atoms with van der Waals surface area (Å²) in [5, 5.41) is 0.432. The summed E-state index contributed by atoms with van der Waals surface area (Å²) < 4.78 is 12.9. The Morgan fingerprint density at radius 1 is 0.947 bits per heavy atom. The summed E-state index contributed by atoms with van der Waals surface area (Å²) >= 11 is 19.7. The van der Waals surface area contributed by atoms with E-state index in [1.165, 1.54) is 41.5 Å². The van der Waals surface area contributed by atoms with Crippen LogP contribution in [0.1, 0.15) is 76.8 Å². The van der Waals surface area contributed by atoms with Gasteiger partial charge in [-0.05, 0) is 61.4 Å². The Balaban J connectivity index is 1.70. The minimum absolute atomic E-state index is 0.131. The normalized spacial score (nSPS) is 26.6. The summed E-state index contributed by atoms with van der Waals surface area (Å²) in [5.74, 6) is 2.94. The van der Waals surface area contributed by atoms with Crippen molar-refractivity contribution in [2.24, 2.45) is 10.8 Å². The van der Waals surface area contributed by atoms with E-state index in [1.807, 2.05) is 0 Å². The number of thiol groups is 4. The van der Waals surface area contributed by atoms with E-state index in [-0.39, 0.29) is 26.7 Å². The van der Waals surface area contributed by atoms with Crippen molar-refractivity contribution in [3.8, 4) is 11.5 Å². The quantitative estimate of drug-likeness (QED) is 0.201. The third kappa shape index (κ3) is 3.65. The van der Waals surface area contributed by atoms with Gasteiger partial charge in [-0.1, -0.05) is 56.9 Å². The fourth-order valence-corrected chi connectivity index (χ4v) is 9.81. The van der Waals surface area contributed by atoms with Crippen LogP contribution in [0, 0.1) is 10.8 Å². The molecule has 202 valence electrons. The highest BCUT2D eigenvalue weighted by molar-refractivity contribution is 7.81. The zero-order valence-corrected chi connectivity index (χ0v) is 26.0. The largest absolute Gasteiger partial charge is 0.498 e. The second-order valence-corrected chi connectivity index (χ2v) is 14.0. The predicted octanol–water partition coefficient (Wildman–Crippen LogP) is 9.25. The maximum absolute atomic E-state index is 6.61. The average Bonchev–Trinajstić information content (AvgIpc) is 2.87. The SMILES string of the molecule is CCOC1=C(C(C)(C2=CC[C@H]2S)C2(C3(C)c4ccc(S)cc4Oc4cc(S)ccc43)CCCCC2)[C@H](S)C1. The third-order valence-corrected chi connectivity index (χ3v) is 11.7. The molecule has 0 saturated heterocycles. The molecule has 2 nitrogen and oxygen atoms in total. The van der Waals surface area contributed by atoms with Crippen LogP contribution >= 0.6 is 50.5 Å². The van der Waals surface area contributed by atoms with Crippen molar-refractivity contribution < 1.29 is 9.47 Å². The molecule has 1 saturated carbocycles. The summed E-state index contributed by atoms with van der Waals surface area (Å²) in [6, 6.07) is 12.9. The molecule has 1 unspecified atom stereocenters. The standard InChI is InChI=1S/C32H38O2S4/c1-4-33-26-18-28(38)29(26)31(3,23-12-13-27(23)37)32(14-6-5-7-15-32)30(2)21-10-8-19(35)16-24(21)34-25-17-20(36)9-11-22(25)30/h8-12,16-17,27-28,35-38H,4-7,13-15,18H2,1-3H3/t27-,28-,31?/m1/s1. The molecular weight excluding hydrogens is 545 g/mol. The molecule has 38 heavy (non-hydrogen) atoms. The summed E-state index contributed by atoms with van der Waals surface area (Å²) in [6.45, 7) is 7.75. The van der Waals surface area contributed by atoms with Crippen molar-refractivity contribution in [2.45, 2.75) is 91.4 Å². The van der Waals surface area contributed by atoms with Crippen LogP contribution in [-0.2, 0) is 10.2 Å². The van der Waals surface area contributed by atoms with Gasteiger partial charge in [0.2, 0.25) is 0 Å². The van der Waals surface area contributed by atoms with Gasteiger partial charge in [-0.3, -0.25) is 0 Å². The van der Waals surface area contributed by atoms with Crippen LogP contribution in [0.25, 0.3) is 0 Å². The van der Waals surface area contributed by atoms with Crippen LogP contribution in [0.2, 0.25) is 0 Å². The van der Waals surface area contributed by atoms with Gasteiger partial charge < -0.3 is 9.47 Å². The number of ether oxygens (including phenoxy) is 2. The minimum Gasteiger partial charge on any atom is -0.498 e. The molecule has 0 bridgehead atoms. The molecule has 3 atom stereocenters. The first kappa shape index (κ1) is 27.1. The van der Waals surface area contributed by atoms with Gasteiger partial charge in [-0.2, -0.15) is 25.3 Å². The molecule has 2 aromatic rings. The number of benzene rings is 2. The fourth-order valence-electron chi connectivity index (χ4n) is 8.38. The maximum atomic E-state index is 6.61. The first-order valence-electron chi connectivity index (χ1n) is 13.9. The monoisotopic (exact) mass is 582 g/mol. The molecule has 0 amide bonds. The minimum atomic E-state index is -0.328. The van der Waals surface area contributed by atoms with Gasteiger partial charge in [0.05, 0.1) is 12.4 Å². The van der Waals surface area contributed by atoms with Crippen molar-refractivity contribution in [3.63, 3.8) is 0 Å². The van der Waals surface area contributed by atoms with E-state index in [1.54, 1.807) is 0 Å². The first-order chi connectivity index (χ1) is 18.2. The molecule has 0 radical (unpaired) electrons. The summed E-state index contributed by atoms with van der Waals surface area (Å²) in [5.41, 5.74) is 4.59. The molecule has 0 N–H and O–H groups in total. The van der Waals surface area contributed by atoms with Gasteiger partial charge in [0.1, 0.15) is 11.5 Å². The smallest absolute Gasteiger partial charge is 0.132 e. The van der Waals surface area contributed by atoms with Crippen molar-refractivity contribution in [1.29, 1.82) is 0 Å². The molecule has 2 aromatic carbocycles. The Hall–Kier alpha value is -1.08. The average molecular weight is 583 g/mol. The van der Waals surface area contributed by atoms with Gasteiger partial charge in [0.15, 0.2) is 0 Å². The van der Waals surface area contributed by atoms with Crippen LogP contribution in [0.5, 0.6) is 11.5 Å². The lowest BCUT2D eigenvalue weighted by atomic mass is 9.38. The van der Waals surface area contributed by atoms with Gasteiger partial charge >= 0.3 is 0 Å². The number of fused-ring (bicyclic) bond motifs is 2. The highest BCUT2D eigenvalue weighted by Crippen LogP contribution is 2.73. The molecule has 0 spiro atoms. The van der Waals surface area contributed by atoms with Crippen molar-refractivity contribution >= 4 is 50.5 Å². The molecule has 0 aromatic heterocycles. The highest BCUT2D eigenvalue weighted by Gasteiger charge is 2.67. The van der Waals surface area contributed by atoms with Crippen LogP contribution in [0.3, 0.4) is 0 Å². The third-order valence-electron chi connectivity index (χ3n) is 10.2. The van der Waals surface area contributed by atoms with Gasteiger partial charge in [-0.15, -0.1) is 25.3 Å². The highest BCUT2D eigenvalue weighted by atomic mass is 32.1. The molecule has 1 fully saturated rings. The maximum Gasteiger partial charge on any atom is 0.132 e. The zero-order chi connectivity index (χ0) is 26.9. The number of hydrogen-bond acceptors (Lipinski definition) is 6. The van der Waals surface area contributed by atoms with Crippen LogP contribution < -0.4 is 4.74 Å². The Labute approximate surface area is 249 Å². The van der Waals surface area contributed by atoms with Gasteiger partial charge in [0.25, 0.3) is 0 Å². The van der Waals surface area contributed by atoms with E-state index < -0.39 is 0 Å². The molecule has 3 aliphatic carbocycles. The van der Waals surface area contributed by atoms with E-state index in [9.17, 15) is 0 Å². The lowest BCUT2D eigenvalue weighted by Crippen LogP contribution is -2.61. The number of rotatable bonds is 6. The Morgan fingerprint density at radius 2 is 1.55 bits per heavy atom. The van der Waals surface area contributed by atoms with E-state index in [2.05, 4.69) is 63.2 Å². The van der Waals surface area contributed by atoms with Gasteiger partial charge in [0, 0.05) is 48.7 Å². The number of hydrogen-bond donors (Lipinski definition) is 4. The zero-order valence-electron chi connectivity index (χ0n) is 22.5. The molecule has 4 aliphatic rings. The topological polar surface area (TPSA) is 18.5 Å². The Kier molecular flexibility index (Phi) is 6.98. The second-order valence-electron chi connectivity index (χ2n) is 11.8. The summed E-state index contributed by atoms with van der Waals surface area (Å²) in [6.07, 6.45) is 10.2. The lowest BCUT2D eigenvalue weighted by molar-refractivity contribution is -0.0150. The van der Waals surface area contributed by atoms with Crippen LogP contribution in [0.4, 0.5) is 0 Å². The summed E-state index contributed by atoms with van der Waals surface area (Å²) in [7, 11) is 0. The number of allylic oxidation sites excluding steroid dienone is 2. The Bertz CT molecular complexity index is 1290. The first-order valence-corrected chi connectivity index (χ1v) is 15.9.